The number of phosphoric ester groups is 1. The minimum atomic E-state index is -4.57. The molecule has 0 aromatic carbocycles. The number of rotatable bonds is 26. The van der Waals surface area contributed by atoms with E-state index in [0.717, 1.165) is 32.1 Å². The number of likely N-dealkylation sites (N-methyl/N-ethyl adjacent to an activating group) is 1. The zero-order valence-electron chi connectivity index (χ0n) is 25.3. The Morgan fingerprint density at radius 1 is 0.821 bits per heavy atom. The average molecular weight is 578 g/mol. The lowest BCUT2D eigenvalue weighted by Gasteiger charge is -2.28. The zero-order chi connectivity index (χ0) is 29.4. The van der Waals surface area contributed by atoms with Gasteiger partial charge in [-0.25, -0.2) is 0 Å². The van der Waals surface area contributed by atoms with Crippen LogP contribution < -0.4 is 4.89 Å². The van der Waals surface area contributed by atoms with Crippen LogP contribution in [-0.2, 0) is 32.7 Å². The Kier molecular flexibility index (Phi) is 22.7. The molecular weight excluding hydrogens is 521 g/mol. The molecule has 0 rings (SSSR count). The van der Waals surface area contributed by atoms with Gasteiger partial charge >= 0.3 is 11.9 Å². The molecule has 0 radical (unpaired) electrons. The number of phosphoric acid groups is 1. The van der Waals surface area contributed by atoms with Crippen molar-refractivity contribution < 1.29 is 42.1 Å². The van der Waals surface area contributed by atoms with E-state index < -0.39 is 32.5 Å². The minimum Gasteiger partial charge on any atom is -0.756 e. The topological polar surface area (TPSA) is 111 Å². The highest BCUT2D eigenvalue weighted by Gasteiger charge is 2.21. The predicted molar refractivity (Wildman–Crippen MR) is 153 cm³/mol. The number of quaternary nitrogens is 1. The van der Waals surface area contributed by atoms with Crippen molar-refractivity contribution in [1.29, 1.82) is 0 Å². The summed E-state index contributed by atoms with van der Waals surface area (Å²) in [5.74, 6) is -1.04. The van der Waals surface area contributed by atoms with Crippen LogP contribution in [0.3, 0.4) is 0 Å². The van der Waals surface area contributed by atoms with Gasteiger partial charge in [0.25, 0.3) is 7.82 Å². The van der Waals surface area contributed by atoms with Crippen molar-refractivity contribution in [2.45, 2.75) is 116 Å². The van der Waals surface area contributed by atoms with E-state index in [-0.39, 0.29) is 19.6 Å². The number of nitrogens with zero attached hydrogens (tertiary/aromatic N) is 1. The number of carbonyl (C=O) groups excluding carboxylic acids is 2. The lowest BCUT2D eigenvalue weighted by molar-refractivity contribution is -0.870. The van der Waals surface area contributed by atoms with Crippen molar-refractivity contribution in [3.63, 3.8) is 0 Å². The highest BCUT2D eigenvalue weighted by molar-refractivity contribution is 7.45. The van der Waals surface area contributed by atoms with Crippen LogP contribution in [0.25, 0.3) is 0 Å². The van der Waals surface area contributed by atoms with E-state index in [2.05, 4.69) is 19.1 Å². The predicted octanol–water partition coefficient (Wildman–Crippen LogP) is 6.10. The summed E-state index contributed by atoms with van der Waals surface area (Å²) in [5, 5.41) is 0. The molecule has 9 nitrogen and oxygen atoms in total. The van der Waals surface area contributed by atoms with Crippen LogP contribution in [-0.4, -0.2) is 70.0 Å². The summed E-state index contributed by atoms with van der Waals surface area (Å²) in [6, 6.07) is 0. The van der Waals surface area contributed by atoms with Gasteiger partial charge in [0.1, 0.15) is 19.8 Å². The maximum absolute atomic E-state index is 12.2. The van der Waals surface area contributed by atoms with Crippen LogP contribution in [0.5, 0.6) is 0 Å². The van der Waals surface area contributed by atoms with Gasteiger partial charge in [0.05, 0.1) is 27.7 Å². The Morgan fingerprint density at radius 2 is 1.36 bits per heavy atom. The number of ether oxygens (including phenoxy) is 2. The van der Waals surface area contributed by atoms with Crippen molar-refractivity contribution in [2.24, 2.45) is 0 Å². The summed E-state index contributed by atoms with van der Waals surface area (Å²) in [5.41, 5.74) is 0. The zero-order valence-corrected chi connectivity index (χ0v) is 26.2. The highest BCUT2D eigenvalue weighted by Crippen LogP contribution is 2.38. The maximum atomic E-state index is 12.2. The molecule has 0 aliphatic carbocycles. The number of carbonyl (C=O) groups is 2. The van der Waals surface area contributed by atoms with Gasteiger partial charge in [-0.15, -0.1) is 0 Å². The van der Waals surface area contributed by atoms with Gasteiger partial charge in [0, 0.05) is 13.3 Å². The van der Waals surface area contributed by atoms with E-state index in [9.17, 15) is 19.0 Å². The number of unbranched alkanes of at least 4 members (excludes halogenated alkanes) is 12. The van der Waals surface area contributed by atoms with Crippen molar-refractivity contribution in [2.75, 3.05) is 47.5 Å². The second kappa shape index (κ2) is 23.5. The third-order valence-corrected chi connectivity index (χ3v) is 7.06. The van der Waals surface area contributed by atoms with Crippen LogP contribution in [0.4, 0.5) is 0 Å². The molecule has 0 aromatic rings. The van der Waals surface area contributed by atoms with Crippen LogP contribution in [0.1, 0.15) is 110 Å². The Morgan fingerprint density at radius 3 is 1.90 bits per heavy atom. The Balaban J connectivity index is 4.03. The molecule has 0 heterocycles. The molecule has 2 unspecified atom stereocenters. The van der Waals surface area contributed by atoms with Crippen molar-refractivity contribution >= 4 is 19.8 Å². The van der Waals surface area contributed by atoms with Gasteiger partial charge < -0.3 is 27.9 Å². The van der Waals surface area contributed by atoms with Crippen molar-refractivity contribution in [1.82, 2.24) is 0 Å². The number of hydrogen-bond acceptors (Lipinski definition) is 8. The van der Waals surface area contributed by atoms with Crippen LogP contribution >= 0.6 is 7.82 Å². The first-order valence-corrected chi connectivity index (χ1v) is 16.3. The first kappa shape index (κ1) is 37.8. The monoisotopic (exact) mass is 577 g/mol. The lowest BCUT2D eigenvalue weighted by atomic mass is 10.1. The fourth-order valence-corrected chi connectivity index (χ4v) is 4.45. The normalized spacial score (nSPS) is 14.3. The second-order valence-corrected chi connectivity index (χ2v) is 12.6. The first-order chi connectivity index (χ1) is 18.4. The minimum absolute atomic E-state index is 0.0335. The van der Waals surface area contributed by atoms with E-state index >= 15 is 0 Å². The summed E-state index contributed by atoms with van der Waals surface area (Å²) < 4.78 is 32.5. The Labute approximate surface area is 237 Å². The SMILES string of the molecule is CCCCCCCCC/C=C\CCCCCCCC(=O)OC(COC(C)=O)COP(=O)([O-])OCC[N+](C)(C)C. The summed E-state index contributed by atoms with van der Waals surface area (Å²) in [4.78, 5) is 35.4. The molecule has 0 amide bonds. The van der Waals surface area contributed by atoms with Gasteiger partial charge in [-0.1, -0.05) is 76.9 Å². The van der Waals surface area contributed by atoms with Crippen molar-refractivity contribution in [3.05, 3.63) is 12.2 Å². The molecule has 0 N–H and O–H groups in total. The fraction of sp³-hybridized carbons (Fsp3) is 0.862. The molecule has 0 fully saturated rings. The molecule has 0 aromatic heterocycles. The standard InChI is InChI=1S/C29H56NO8P/c1-6-7-8-9-10-11-12-13-14-15-16-17-18-19-20-21-22-29(32)38-28(25-35-27(2)31)26-37-39(33,34)36-24-23-30(3,4)5/h14-15,28H,6-13,16-26H2,1-5H3/b15-14-. The highest BCUT2D eigenvalue weighted by atomic mass is 31.2. The van der Waals surface area contributed by atoms with Crippen LogP contribution in [0, 0.1) is 0 Å². The third kappa shape index (κ3) is 28.1. The van der Waals surface area contributed by atoms with Gasteiger partial charge in [0.2, 0.25) is 0 Å². The third-order valence-electron chi connectivity index (χ3n) is 6.09. The van der Waals surface area contributed by atoms with E-state index in [0.29, 0.717) is 17.4 Å². The molecule has 10 heteroatoms. The lowest BCUT2D eigenvalue weighted by Crippen LogP contribution is -2.37. The molecular formula is C29H56NO8P. The first-order valence-electron chi connectivity index (χ1n) is 14.8. The summed E-state index contributed by atoms with van der Waals surface area (Å²) in [7, 11) is 1.15. The van der Waals surface area contributed by atoms with Gasteiger partial charge in [0.15, 0.2) is 6.10 Å². The second-order valence-electron chi connectivity index (χ2n) is 11.2. The van der Waals surface area contributed by atoms with Gasteiger partial charge in [-0.3, -0.25) is 14.2 Å². The molecule has 39 heavy (non-hydrogen) atoms. The molecule has 0 saturated heterocycles. The van der Waals surface area contributed by atoms with E-state index in [4.69, 9.17) is 18.5 Å². The number of hydrogen-bond donors (Lipinski definition) is 0. The van der Waals surface area contributed by atoms with E-state index in [1.54, 1.807) is 0 Å². The smallest absolute Gasteiger partial charge is 0.306 e. The van der Waals surface area contributed by atoms with Gasteiger partial charge in [-0.2, -0.15) is 0 Å². The number of esters is 2. The molecule has 0 aliphatic heterocycles. The van der Waals surface area contributed by atoms with Crippen molar-refractivity contribution in [3.8, 4) is 0 Å². The van der Waals surface area contributed by atoms with E-state index in [1.807, 2.05) is 21.1 Å². The Bertz CT molecular complexity index is 708. The average Bonchev–Trinajstić information content (AvgIpc) is 2.84. The van der Waals surface area contributed by atoms with E-state index in [1.165, 1.54) is 58.3 Å². The number of allylic oxidation sites excluding steroid dienone is 2. The molecule has 230 valence electrons. The molecule has 2 atom stereocenters. The summed E-state index contributed by atoms with van der Waals surface area (Å²) in [6.45, 7) is 3.14. The fourth-order valence-electron chi connectivity index (χ4n) is 3.73. The molecule has 0 spiro atoms. The van der Waals surface area contributed by atoms with Crippen LogP contribution in [0.2, 0.25) is 0 Å². The molecule has 0 bridgehead atoms. The van der Waals surface area contributed by atoms with Crippen LogP contribution in [0.15, 0.2) is 12.2 Å². The largest absolute Gasteiger partial charge is 0.756 e. The maximum Gasteiger partial charge on any atom is 0.306 e. The Hall–Kier alpha value is -1.25. The summed E-state index contributed by atoms with van der Waals surface area (Å²) in [6.07, 6.45) is 20.3. The molecule has 0 aliphatic rings. The van der Waals surface area contributed by atoms with Gasteiger partial charge in [-0.05, 0) is 32.1 Å². The molecule has 0 saturated carbocycles. The summed E-state index contributed by atoms with van der Waals surface area (Å²) >= 11 is 0. The quantitative estimate of drug-likeness (QED) is 0.0399.